The number of pyridine rings is 2. The molecule has 0 aliphatic heterocycles. The SMILES string of the molecule is NNC(Cc1cccnc1N)c1ccc(Br)cn1. The average Bonchev–Trinajstić information content (AvgIpc) is 2.39. The van der Waals surface area contributed by atoms with Crippen LogP contribution in [0.4, 0.5) is 5.82 Å². The van der Waals surface area contributed by atoms with Crippen molar-refractivity contribution in [2.24, 2.45) is 5.84 Å². The van der Waals surface area contributed by atoms with Crippen molar-refractivity contribution in [3.8, 4) is 0 Å². The molecule has 2 aromatic heterocycles. The zero-order valence-corrected chi connectivity index (χ0v) is 11.3. The predicted molar refractivity (Wildman–Crippen MR) is 74.4 cm³/mol. The summed E-state index contributed by atoms with van der Waals surface area (Å²) in [6.07, 6.45) is 4.05. The van der Waals surface area contributed by atoms with Gasteiger partial charge in [-0.25, -0.2) is 4.98 Å². The van der Waals surface area contributed by atoms with Gasteiger partial charge in [-0.05, 0) is 46.1 Å². The summed E-state index contributed by atoms with van der Waals surface area (Å²) in [5, 5.41) is 0. The minimum absolute atomic E-state index is 0.0930. The summed E-state index contributed by atoms with van der Waals surface area (Å²) in [5.41, 5.74) is 10.4. The molecule has 2 aromatic rings. The second kappa shape index (κ2) is 5.90. The molecule has 18 heavy (non-hydrogen) atoms. The third kappa shape index (κ3) is 3.04. The van der Waals surface area contributed by atoms with E-state index >= 15 is 0 Å². The first-order valence-corrected chi connectivity index (χ1v) is 6.27. The molecule has 0 aliphatic rings. The van der Waals surface area contributed by atoms with Crippen molar-refractivity contribution >= 4 is 21.7 Å². The molecule has 0 fully saturated rings. The molecule has 5 nitrogen and oxygen atoms in total. The van der Waals surface area contributed by atoms with Crippen molar-refractivity contribution in [3.63, 3.8) is 0 Å². The van der Waals surface area contributed by atoms with Gasteiger partial charge in [0.2, 0.25) is 0 Å². The molecule has 0 saturated carbocycles. The van der Waals surface area contributed by atoms with Crippen LogP contribution in [-0.2, 0) is 6.42 Å². The molecule has 0 amide bonds. The molecule has 0 bridgehead atoms. The highest BCUT2D eigenvalue weighted by molar-refractivity contribution is 9.10. The lowest BCUT2D eigenvalue weighted by atomic mass is 10.0. The number of hydrogen-bond acceptors (Lipinski definition) is 5. The topological polar surface area (TPSA) is 89.8 Å². The number of aromatic nitrogens is 2. The van der Waals surface area contributed by atoms with Crippen molar-refractivity contribution in [3.05, 3.63) is 52.4 Å². The number of hydrogen-bond donors (Lipinski definition) is 3. The highest BCUT2D eigenvalue weighted by Crippen LogP contribution is 2.19. The predicted octanol–water partition coefficient (Wildman–Crippen LogP) is 1.57. The molecule has 5 N–H and O–H groups in total. The number of nitrogen functional groups attached to an aromatic ring is 1. The molecule has 0 radical (unpaired) electrons. The highest BCUT2D eigenvalue weighted by Gasteiger charge is 2.13. The fourth-order valence-electron chi connectivity index (χ4n) is 1.69. The van der Waals surface area contributed by atoms with Crippen LogP contribution in [0.1, 0.15) is 17.3 Å². The second-order valence-corrected chi connectivity index (χ2v) is 4.79. The number of nitrogens with one attached hydrogen (secondary N) is 1. The first-order valence-electron chi connectivity index (χ1n) is 5.47. The van der Waals surface area contributed by atoms with E-state index in [0.717, 1.165) is 15.7 Å². The Labute approximate surface area is 114 Å². The van der Waals surface area contributed by atoms with Crippen molar-refractivity contribution in [2.45, 2.75) is 12.5 Å². The minimum Gasteiger partial charge on any atom is -0.383 e. The van der Waals surface area contributed by atoms with Crippen LogP contribution in [0, 0.1) is 0 Å². The monoisotopic (exact) mass is 307 g/mol. The summed E-state index contributed by atoms with van der Waals surface area (Å²) in [7, 11) is 0. The van der Waals surface area contributed by atoms with Crippen molar-refractivity contribution in [1.82, 2.24) is 15.4 Å². The average molecular weight is 308 g/mol. The summed E-state index contributed by atoms with van der Waals surface area (Å²) < 4.78 is 0.933. The zero-order valence-electron chi connectivity index (χ0n) is 9.68. The van der Waals surface area contributed by atoms with Crippen LogP contribution in [0.25, 0.3) is 0 Å². The van der Waals surface area contributed by atoms with Gasteiger partial charge in [-0.15, -0.1) is 0 Å². The third-order valence-corrected chi connectivity index (χ3v) is 3.13. The Morgan fingerprint density at radius 3 is 2.72 bits per heavy atom. The van der Waals surface area contributed by atoms with Crippen LogP contribution in [-0.4, -0.2) is 9.97 Å². The maximum atomic E-state index is 5.82. The maximum Gasteiger partial charge on any atom is 0.126 e. The lowest BCUT2D eigenvalue weighted by Gasteiger charge is -2.16. The lowest BCUT2D eigenvalue weighted by molar-refractivity contribution is 0.538. The Bertz CT molecular complexity index is 514. The highest BCUT2D eigenvalue weighted by atomic mass is 79.9. The Kier molecular flexibility index (Phi) is 4.24. The fourth-order valence-corrected chi connectivity index (χ4v) is 1.92. The second-order valence-electron chi connectivity index (χ2n) is 3.87. The van der Waals surface area contributed by atoms with E-state index in [-0.39, 0.29) is 6.04 Å². The first-order chi connectivity index (χ1) is 8.70. The first kappa shape index (κ1) is 12.9. The molecule has 1 atom stereocenters. The lowest BCUT2D eigenvalue weighted by Crippen LogP contribution is -2.30. The van der Waals surface area contributed by atoms with E-state index in [1.54, 1.807) is 12.4 Å². The molecular weight excluding hydrogens is 294 g/mol. The van der Waals surface area contributed by atoms with Crippen LogP contribution in [0.15, 0.2) is 41.1 Å². The third-order valence-electron chi connectivity index (χ3n) is 2.66. The van der Waals surface area contributed by atoms with Crippen LogP contribution in [0.2, 0.25) is 0 Å². The molecule has 0 aromatic carbocycles. The van der Waals surface area contributed by atoms with Gasteiger partial charge in [0.15, 0.2) is 0 Å². The van der Waals surface area contributed by atoms with Crippen LogP contribution >= 0.6 is 15.9 Å². The molecule has 6 heteroatoms. The van der Waals surface area contributed by atoms with Gasteiger partial charge in [0.1, 0.15) is 5.82 Å². The number of halogens is 1. The van der Waals surface area contributed by atoms with E-state index in [0.29, 0.717) is 12.2 Å². The van der Waals surface area contributed by atoms with E-state index in [1.165, 1.54) is 0 Å². The van der Waals surface area contributed by atoms with Gasteiger partial charge < -0.3 is 5.73 Å². The number of hydrazine groups is 1. The summed E-state index contributed by atoms with van der Waals surface area (Å²) in [5.74, 6) is 6.10. The molecule has 2 heterocycles. The van der Waals surface area contributed by atoms with Gasteiger partial charge >= 0.3 is 0 Å². The molecule has 0 saturated heterocycles. The fraction of sp³-hybridized carbons (Fsp3) is 0.167. The van der Waals surface area contributed by atoms with Gasteiger partial charge in [-0.3, -0.25) is 16.3 Å². The van der Waals surface area contributed by atoms with E-state index < -0.39 is 0 Å². The molecule has 0 spiro atoms. The summed E-state index contributed by atoms with van der Waals surface area (Å²) in [6.45, 7) is 0. The molecule has 0 aliphatic carbocycles. The maximum absolute atomic E-state index is 5.82. The Morgan fingerprint density at radius 2 is 2.11 bits per heavy atom. The number of nitrogens with zero attached hydrogens (tertiary/aromatic N) is 2. The van der Waals surface area contributed by atoms with Crippen LogP contribution in [0.3, 0.4) is 0 Å². The van der Waals surface area contributed by atoms with E-state index in [2.05, 4.69) is 31.3 Å². The molecule has 94 valence electrons. The van der Waals surface area contributed by atoms with Gasteiger partial charge in [0.05, 0.1) is 11.7 Å². The Balaban J connectivity index is 2.20. The summed E-state index contributed by atoms with van der Waals surface area (Å²) >= 11 is 3.35. The standard InChI is InChI=1S/C12H14BrN5/c13-9-3-4-10(17-7-9)11(18-15)6-8-2-1-5-16-12(8)14/h1-5,7,11,18H,6,15H2,(H2,14,16). The van der Waals surface area contributed by atoms with Crippen LogP contribution < -0.4 is 17.0 Å². The normalized spacial score (nSPS) is 12.3. The largest absolute Gasteiger partial charge is 0.383 e. The van der Waals surface area contributed by atoms with Gasteiger partial charge in [0.25, 0.3) is 0 Å². The molecule has 2 rings (SSSR count). The Hall–Kier alpha value is -1.50. The van der Waals surface area contributed by atoms with Gasteiger partial charge in [-0.2, -0.15) is 0 Å². The van der Waals surface area contributed by atoms with Crippen molar-refractivity contribution in [2.75, 3.05) is 5.73 Å². The molecular formula is C12H14BrN5. The number of nitrogens with two attached hydrogens (primary N) is 2. The van der Waals surface area contributed by atoms with Gasteiger partial charge in [0, 0.05) is 16.9 Å². The van der Waals surface area contributed by atoms with Crippen molar-refractivity contribution < 1.29 is 0 Å². The minimum atomic E-state index is -0.0930. The van der Waals surface area contributed by atoms with Gasteiger partial charge in [-0.1, -0.05) is 6.07 Å². The summed E-state index contributed by atoms with van der Waals surface area (Å²) in [6, 6.07) is 7.55. The summed E-state index contributed by atoms with van der Waals surface area (Å²) in [4.78, 5) is 8.38. The number of rotatable bonds is 4. The zero-order chi connectivity index (χ0) is 13.0. The number of anilines is 1. The van der Waals surface area contributed by atoms with Crippen molar-refractivity contribution in [1.29, 1.82) is 0 Å². The van der Waals surface area contributed by atoms with Crippen LogP contribution in [0.5, 0.6) is 0 Å². The molecule has 1 unspecified atom stereocenters. The van der Waals surface area contributed by atoms with E-state index in [4.69, 9.17) is 11.6 Å². The quantitative estimate of drug-likeness (QED) is 0.589. The Morgan fingerprint density at radius 1 is 1.28 bits per heavy atom. The van der Waals surface area contributed by atoms with E-state index in [1.807, 2.05) is 24.3 Å². The smallest absolute Gasteiger partial charge is 0.126 e. The van der Waals surface area contributed by atoms with E-state index in [9.17, 15) is 0 Å².